The molecule has 1 aromatic heterocycles. The zero-order chi connectivity index (χ0) is 15.5. The summed E-state index contributed by atoms with van der Waals surface area (Å²) in [5.41, 5.74) is 7.66. The molecule has 0 aliphatic rings. The van der Waals surface area contributed by atoms with E-state index >= 15 is 0 Å². The van der Waals surface area contributed by atoms with Crippen molar-refractivity contribution in [3.05, 3.63) is 51.5 Å². The summed E-state index contributed by atoms with van der Waals surface area (Å²) in [6.07, 6.45) is 1.64. The average molecular weight is 302 g/mol. The standard InChI is InChI=1S/C16H20N3OS/c1-16(2,3)15-19-10-13(21-15)14(20)18-9-12-7-5-4-6-11(12)8-17/h5-7,10H,8-9,17H2,1-3H3,(H,18,20). The predicted octanol–water partition coefficient (Wildman–Crippen LogP) is 2.63. The third-order valence-electron chi connectivity index (χ3n) is 3.08. The highest BCUT2D eigenvalue weighted by Crippen LogP contribution is 2.26. The molecule has 111 valence electrons. The topological polar surface area (TPSA) is 68.0 Å². The van der Waals surface area contributed by atoms with Crippen LogP contribution in [0.5, 0.6) is 0 Å². The van der Waals surface area contributed by atoms with Crippen LogP contribution in [0.15, 0.2) is 24.4 Å². The molecule has 0 aliphatic carbocycles. The number of rotatable bonds is 4. The summed E-state index contributed by atoms with van der Waals surface area (Å²) in [6.45, 7) is 7.16. The first kappa shape index (κ1) is 15.7. The van der Waals surface area contributed by atoms with Crippen molar-refractivity contribution in [2.24, 2.45) is 5.73 Å². The van der Waals surface area contributed by atoms with Crippen molar-refractivity contribution in [1.29, 1.82) is 0 Å². The van der Waals surface area contributed by atoms with Gasteiger partial charge in [0.25, 0.3) is 5.91 Å². The lowest BCUT2D eigenvalue weighted by atomic mass is 9.98. The van der Waals surface area contributed by atoms with E-state index in [2.05, 4.69) is 37.1 Å². The van der Waals surface area contributed by atoms with Crippen LogP contribution in [0, 0.1) is 6.07 Å². The molecule has 0 aliphatic heterocycles. The minimum Gasteiger partial charge on any atom is -0.347 e. The monoisotopic (exact) mass is 302 g/mol. The normalized spacial score (nSPS) is 11.4. The molecule has 0 bridgehead atoms. The lowest BCUT2D eigenvalue weighted by Gasteiger charge is -2.13. The number of nitrogens with zero attached hydrogens (tertiary/aromatic N) is 1. The molecule has 0 unspecified atom stereocenters. The van der Waals surface area contributed by atoms with E-state index in [4.69, 9.17) is 5.73 Å². The van der Waals surface area contributed by atoms with Crippen molar-refractivity contribution in [3.63, 3.8) is 0 Å². The summed E-state index contributed by atoms with van der Waals surface area (Å²) in [4.78, 5) is 17.1. The van der Waals surface area contributed by atoms with E-state index in [1.807, 2.05) is 18.2 Å². The first-order valence-corrected chi connectivity index (χ1v) is 7.66. The van der Waals surface area contributed by atoms with Crippen molar-refractivity contribution < 1.29 is 4.79 Å². The van der Waals surface area contributed by atoms with Crippen molar-refractivity contribution in [3.8, 4) is 0 Å². The average Bonchev–Trinajstić information content (AvgIpc) is 2.95. The van der Waals surface area contributed by atoms with Crippen LogP contribution in [0.1, 0.15) is 46.6 Å². The van der Waals surface area contributed by atoms with Gasteiger partial charge in [-0.1, -0.05) is 32.9 Å². The number of carbonyl (C=O) groups excluding carboxylic acids is 1. The summed E-state index contributed by atoms with van der Waals surface area (Å²) >= 11 is 1.44. The minimum atomic E-state index is -0.0983. The number of thiazole rings is 1. The summed E-state index contributed by atoms with van der Waals surface area (Å²) in [5.74, 6) is -0.0983. The lowest BCUT2D eigenvalue weighted by molar-refractivity contribution is 0.0954. The highest BCUT2D eigenvalue weighted by molar-refractivity contribution is 7.13. The molecule has 1 aromatic carbocycles. The summed E-state index contributed by atoms with van der Waals surface area (Å²) in [5, 5.41) is 3.88. The van der Waals surface area contributed by atoms with Crippen LogP contribution in [0.2, 0.25) is 0 Å². The van der Waals surface area contributed by atoms with Gasteiger partial charge in [-0.05, 0) is 23.3 Å². The molecule has 2 rings (SSSR count). The van der Waals surface area contributed by atoms with Crippen molar-refractivity contribution in [2.75, 3.05) is 0 Å². The predicted molar refractivity (Wildman–Crippen MR) is 85.2 cm³/mol. The number of nitrogens with two attached hydrogens (primary N) is 1. The Morgan fingerprint density at radius 1 is 1.43 bits per heavy atom. The Morgan fingerprint density at radius 2 is 2.19 bits per heavy atom. The Hall–Kier alpha value is -1.72. The SMILES string of the molecule is CC(C)(C)c1ncc(C(=O)NCc2cc[c]cc2CN)s1. The Balaban J connectivity index is 2.03. The molecular formula is C16H20N3OS. The van der Waals surface area contributed by atoms with Gasteiger partial charge >= 0.3 is 0 Å². The van der Waals surface area contributed by atoms with Crippen LogP contribution in [-0.4, -0.2) is 10.9 Å². The fourth-order valence-electron chi connectivity index (χ4n) is 1.85. The smallest absolute Gasteiger partial charge is 0.263 e. The number of nitrogens with one attached hydrogen (secondary N) is 1. The molecule has 0 spiro atoms. The maximum atomic E-state index is 12.2. The molecule has 0 saturated heterocycles. The fraction of sp³-hybridized carbons (Fsp3) is 0.375. The van der Waals surface area contributed by atoms with Crippen LogP contribution < -0.4 is 11.1 Å². The number of benzene rings is 1. The lowest BCUT2D eigenvalue weighted by Crippen LogP contribution is -2.22. The molecular weight excluding hydrogens is 282 g/mol. The maximum absolute atomic E-state index is 12.2. The van der Waals surface area contributed by atoms with Gasteiger partial charge in [-0.2, -0.15) is 0 Å². The van der Waals surface area contributed by atoms with E-state index in [1.165, 1.54) is 11.3 Å². The number of carbonyl (C=O) groups is 1. The fourth-order valence-corrected chi connectivity index (χ4v) is 2.74. The van der Waals surface area contributed by atoms with Gasteiger partial charge in [0.15, 0.2) is 0 Å². The van der Waals surface area contributed by atoms with E-state index in [0.29, 0.717) is 18.0 Å². The maximum Gasteiger partial charge on any atom is 0.263 e. The number of aromatic nitrogens is 1. The van der Waals surface area contributed by atoms with Crippen molar-refractivity contribution in [1.82, 2.24) is 10.3 Å². The van der Waals surface area contributed by atoms with Gasteiger partial charge in [-0.25, -0.2) is 4.98 Å². The quantitative estimate of drug-likeness (QED) is 0.912. The molecule has 0 fully saturated rings. The molecule has 0 atom stereocenters. The second-order valence-electron chi connectivity index (χ2n) is 5.86. The Labute approximate surface area is 129 Å². The number of hydrogen-bond donors (Lipinski definition) is 2. The van der Waals surface area contributed by atoms with Crippen molar-refractivity contribution in [2.45, 2.75) is 39.3 Å². The van der Waals surface area contributed by atoms with Gasteiger partial charge in [0.1, 0.15) is 4.88 Å². The van der Waals surface area contributed by atoms with Crippen LogP contribution in [0.3, 0.4) is 0 Å². The second-order valence-corrected chi connectivity index (χ2v) is 6.89. The Bertz CT molecular complexity index is 628. The largest absolute Gasteiger partial charge is 0.347 e. The van der Waals surface area contributed by atoms with Gasteiger partial charge in [0.05, 0.1) is 11.2 Å². The van der Waals surface area contributed by atoms with Crippen LogP contribution in [0.4, 0.5) is 0 Å². The molecule has 0 saturated carbocycles. The molecule has 1 radical (unpaired) electrons. The van der Waals surface area contributed by atoms with Gasteiger partial charge in [-0.3, -0.25) is 4.79 Å². The first-order chi connectivity index (χ1) is 9.91. The van der Waals surface area contributed by atoms with Gasteiger partial charge in [0, 0.05) is 18.5 Å². The Kier molecular flexibility index (Phi) is 4.75. The summed E-state index contributed by atoms with van der Waals surface area (Å²) in [6, 6.07) is 8.59. The van der Waals surface area contributed by atoms with Gasteiger partial charge in [-0.15, -0.1) is 11.3 Å². The minimum absolute atomic E-state index is 0.0365. The van der Waals surface area contributed by atoms with Crippen LogP contribution in [-0.2, 0) is 18.5 Å². The summed E-state index contributed by atoms with van der Waals surface area (Å²) in [7, 11) is 0. The number of hydrogen-bond acceptors (Lipinski definition) is 4. The molecule has 2 aromatic rings. The Morgan fingerprint density at radius 3 is 2.81 bits per heavy atom. The van der Waals surface area contributed by atoms with E-state index in [-0.39, 0.29) is 11.3 Å². The molecule has 21 heavy (non-hydrogen) atoms. The van der Waals surface area contributed by atoms with E-state index < -0.39 is 0 Å². The van der Waals surface area contributed by atoms with E-state index in [1.54, 1.807) is 6.20 Å². The zero-order valence-electron chi connectivity index (χ0n) is 12.6. The van der Waals surface area contributed by atoms with Crippen LogP contribution >= 0.6 is 11.3 Å². The van der Waals surface area contributed by atoms with Gasteiger partial charge in [0.2, 0.25) is 0 Å². The van der Waals surface area contributed by atoms with E-state index in [0.717, 1.165) is 16.1 Å². The van der Waals surface area contributed by atoms with Crippen molar-refractivity contribution >= 4 is 17.2 Å². The molecule has 3 N–H and O–H groups in total. The third-order valence-corrected chi connectivity index (χ3v) is 4.50. The molecule has 4 nitrogen and oxygen atoms in total. The first-order valence-electron chi connectivity index (χ1n) is 6.84. The molecule has 1 amide bonds. The van der Waals surface area contributed by atoms with Crippen LogP contribution in [0.25, 0.3) is 0 Å². The third kappa shape index (κ3) is 3.89. The highest BCUT2D eigenvalue weighted by Gasteiger charge is 2.20. The van der Waals surface area contributed by atoms with E-state index in [9.17, 15) is 4.79 Å². The van der Waals surface area contributed by atoms with Gasteiger partial charge < -0.3 is 11.1 Å². The highest BCUT2D eigenvalue weighted by atomic mass is 32.1. The molecule has 1 heterocycles. The number of amides is 1. The summed E-state index contributed by atoms with van der Waals surface area (Å²) < 4.78 is 0. The molecule has 5 heteroatoms. The zero-order valence-corrected chi connectivity index (χ0v) is 13.4. The second kappa shape index (κ2) is 6.37.